The van der Waals surface area contributed by atoms with Crippen molar-refractivity contribution in [2.24, 2.45) is 0 Å². The molecule has 6 nitrogen and oxygen atoms in total. The number of para-hydroxylation sites is 1. The molecule has 0 saturated heterocycles. The van der Waals surface area contributed by atoms with Crippen LogP contribution < -0.4 is 16.1 Å². The summed E-state index contributed by atoms with van der Waals surface area (Å²) in [5, 5.41) is 6.00. The lowest BCUT2D eigenvalue weighted by Gasteiger charge is -2.12. The van der Waals surface area contributed by atoms with Gasteiger partial charge in [-0.05, 0) is 37.3 Å². The number of anilines is 2. The Balaban J connectivity index is 1.80. The highest BCUT2D eigenvalue weighted by Gasteiger charge is 2.19. The number of carbonyl (C=O) groups is 2. The number of hydrogen-bond acceptors (Lipinski definition) is 4. The Morgan fingerprint density at radius 3 is 2.41 bits per heavy atom. The zero-order valence-corrected chi connectivity index (χ0v) is 18.1. The molecule has 0 spiro atoms. The van der Waals surface area contributed by atoms with Crippen molar-refractivity contribution < 1.29 is 14.0 Å². The number of fused-ring (bicyclic) bond motifs is 1. The first-order valence-corrected chi connectivity index (χ1v) is 10.2. The van der Waals surface area contributed by atoms with Crippen LogP contribution in [0.15, 0.2) is 75.9 Å². The summed E-state index contributed by atoms with van der Waals surface area (Å²) in [5.41, 5.74) is 2.19. The average Bonchev–Trinajstić information content (AvgIpc) is 2.78. The van der Waals surface area contributed by atoms with Crippen molar-refractivity contribution in [1.82, 2.24) is 0 Å². The third kappa shape index (κ3) is 4.13. The molecule has 1 heterocycles. The van der Waals surface area contributed by atoms with Gasteiger partial charge in [0.15, 0.2) is 11.0 Å². The molecular formula is C25H19ClN2O4. The predicted molar refractivity (Wildman–Crippen MR) is 126 cm³/mol. The fraction of sp³-hybridized carbons (Fsp3) is 0.0800. The zero-order chi connectivity index (χ0) is 22.8. The molecule has 4 rings (SSSR count). The van der Waals surface area contributed by atoms with Crippen LogP contribution in [0.4, 0.5) is 11.4 Å². The third-order valence-corrected chi connectivity index (χ3v) is 5.29. The van der Waals surface area contributed by atoms with Gasteiger partial charge in [0.05, 0.1) is 21.7 Å². The van der Waals surface area contributed by atoms with E-state index < -0.39 is 5.91 Å². The second kappa shape index (κ2) is 8.69. The number of rotatable bonds is 4. The van der Waals surface area contributed by atoms with Gasteiger partial charge in [-0.25, -0.2) is 0 Å². The second-order valence-corrected chi connectivity index (χ2v) is 7.67. The zero-order valence-electron chi connectivity index (χ0n) is 17.4. The van der Waals surface area contributed by atoms with Gasteiger partial charge in [-0.1, -0.05) is 48.0 Å². The van der Waals surface area contributed by atoms with E-state index >= 15 is 0 Å². The SMILES string of the molecule is CC(=O)Nc1ccc(Cl)c(NC(=O)c2cccc3c(=O)c(C)c(-c4ccccc4)oc23)c1. The minimum absolute atomic E-state index is 0.189. The quantitative estimate of drug-likeness (QED) is 0.425. The Kier molecular flexibility index (Phi) is 5.79. The highest BCUT2D eigenvalue weighted by molar-refractivity contribution is 6.34. The molecule has 0 bridgehead atoms. The van der Waals surface area contributed by atoms with Gasteiger partial charge in [-0.3, -0.25) is 14.4 Å². The van der Waals surface area contributed by atoms with Gasteiger partial charge in [0, 0.05) is 23.7 Å². The summed E-state index contributed by atoms with van der Waals surface area (Å²) < 4.78 is 6.11. The second-order valence-electron chi connectivity index (χ2n) is 7.26. The lowest BCUT2D eigenvalue weighted by atomic mass is 10.0. The Bertz CT molecular complexity index is 1410. The number of amides is 2. The normalized spacial score (nSPS) is 10.7. The van der Waals surface area contributed by atoms with E-state index in [0.29, 0.717) is 33.1 Å². The minimum atomic E-state index is -0.497. The molecule has 0 saturated carbocycles. The van der Waals surface area contributed by atoms with E-state index in [4.69, 9.17) is 16.0 Å². The maximum Gasteiger partial charge on any atom is 0.259 e. The lowest BCUT2D eigenvalue weighted by Crippen LogP contribution is -2.15. The van der Waals surface area contributed by atoms with Gasteiger partial charge < -0.3 is 15.1 Å². The fourth-order valence-corrected chi connectivity index (χ4v) is 3.61. The molecule has 0 radical (unpaired) electrons. The van der Waals surface area contributed by atoms with Gasteiger partial charge in [-0.15, -0.1) is 0 Å². The van der Waals surface area contributed by atoms with Crippen molar-refractivity contribution >= 4 is 45.8 Å². The molecule has 160 valence electrons. The Morgan fingerprint density at radius 2 is 1.69 bits per heavy atom. The average molecular weight is 447 g/mol. The molecule has 3 aromatic carbocycles. The molecule has 2 N–H and O–H groups in total. The van der Waals surface area contributed by atoms with Crippen LogP contribution in [0, 0.1) is 6.92 Å². The minimum Gasteiger partial charge on any atom is -0.455 e. The van der Waals surface area contributed by atoms with E-state index in [0.717, 1.165) is 5.56 Å². The number of carbonyl (C=O) groups excluding carboxylic acids is 2. The Hall–Kier alpha value is -3.90. The van der Waals surface area contributed by atoms with E-state index in [1.54, 1.807) is 43.3 Å². The first-order chi connectivity index (χ1) is 15.3. The van der Waals surface area contributed by atoms with Crippen LogP contribution in [0.5, 0.6) is 0 Å². The summed E-state index contributed by atoms with van der Waals surface area (Å²) in [6, 6.07) is 18.8. The monoisotopic (exact) mass is 446 g/mol. The standard InChI is InChI=1S/C25H19ClN2O4/c1-14-22(30)18-9-6-10-19(24(18)32-23(14)16-7-4-3-5-8-16)25(31)28-21-13-17(27-15(2)29)11-12-20(21)26/h3-13H,1-2H3,(H,27,29)(H,28,31). The third-order valence-electron chi connectivity index (χ3n) is 4.96. The van der Waals surface area contributed by atoms with Gasteiger partial charge in [-0.2, -0.15) is 0 Å². The molecule has 7 heteroatoms. The molecule has 0 aliphatic rings. The van der Waals surface area contributed by atoms with Gasteiger partial charge in [0.25, 0.3) is 5.91 Å². The van der Waals surface area contributed by atoms with E-state index in [9.17, 15) is 14.4 Å². The highest BCUT2D eigenvalue weighted by Crippen LogP contribution is 2.29. The predicted octanol–water partition coefficient (Wildman–Crippen LogP) is 5.63. The Labute approximate surface area is 188 Å². The van der Waals surface area contributed by atoms with Gasteiger partial charge in [0.1, 0.15) is 5.76 Å². The topological polar surface area (TPSA) is 88.4 Å². The van der Waals surface area contributed by atoms with Crippen LogP contribution in [0.3, 0.4) is 0 Å². The number of nitrogens with one attached hydrogen (secondary N) is 2. The van der Waals surface area contributed by atoms with Crippen molar-refractivity contribution in [3.05, 3.63) is 93.1 Å². The van der Waals surface area contributed by atoms with E-state index in [2.05, 4.69) is 10.6 Å². The van der Waals surface area contributed by atoms with Crippen LogP contribution in [0.2, 0.25) is 5.02 Å². The number of benzene rings is 3. The summed E-state index contributed by atoms with van der Waals surface area (Å²) in [6.07, 6.45) is 0. The van der Waals surface area contributed by atoms with Crippen LogP contribution in [0.25, 0.3) is 22.3 Å². The molecule has 2 amide bonds. The van der Waals surface area contributed by atoms with Crippen molar-refractivity contribution in [3.8, 4) is 11.3 Å². The molecular weight excluding hydrogens is 428 g/mol. The van der Waals surface area contributed by atoms with E-state index in [1.807, 2.05) is 30.3 Å². The first-order valence-electron chi connectivity index (χ1n) is 9.85. The summed E-state index contributed by atoms with van der Waals surface area (Å²) in [5.74, 6) is -0.332. The van der Waals surface area contributed by atoms with Crippen molar-refractivity contribution in [2.75, 3.05) is 10.6 Å². The van der Waals surface area contributed by atoms with E-state index in [-0.39, 0.29) is 22.5 Å². The summed E-state index contributed by atoms with van der Waals surface area (Å²) in [7, 11) is 0. The van der Waals surface area contributed by atoms with Crippen molar-refractivity contribution in [1.29, 1.82) is 0 Å². The number of halogens is 1. The molecule has 32 heavy (non-hydrogen) atoms. The Morgan fingerprint density at radius 1 is 0.938 bits per heavy atom. The highest BCUT2D eigenvalue weighted by atomic mass is 35.5. The maximum absolute atomic E-state index is 13.1. The largest absolute Gasteiger partial charge is 0.455 e. The van der Waals surface area contributed by atoms with Crippen LogP contribution in [-0.2, 0) is 4.79 Å². The van der Waals surface area contributed by atoms with E-state index in [1.165, 1.54) is 6.92 Å². The first kappa shape index (κ1) is 21.3. The molecule has 4 aromatic rings. The molecule has 1 aromatic heterocycles. The van der Waals surface area contributed by atoms with Crippen molar-refractivity contribution in [3.63, 3.8) is 0 Å². The fourth-order valence-electron chi connectivity index (χ4n) is 3.45. The molecule has 0 fully saturated rings. The molecule has 0 aliphatic carbocycles. The van der Waals surface area contributed by atoms with Crippen molar-refractivity contribution in [2.45, 2.75) is 13.8 Å². The van der Waals surface area contributed by atoms with Gasteiger partial charge >= 0.3 is 0 Å². The summed E-state index contributed by atoms with van der Waals surface area (Å²) >= 11 is 6.23. The van der Waals surface area contributed by atoms with Crippen LogP contribution in [0.1, 0.15) is 22.8 Å². The summed E-state index contributed by atoms with van der Waals surface area (Å²) in [4.78, 5) is 37.5. The molecule has 0 aliphatic heterocycles. The van der Waals surface area contributed by atoms with Gasteiger partial charge in [0.2, 0.25) is 5.91 Å². The molecule has 0 unspecified atom stereocenters. The lowest BCUT2D eigenvalue weighted by molar-refractivity contribution is -0.114. The molecule has 0 atom stereocenters. The smallest absolute Gasteiger partial charge is 0.259 e. The van der Waals surface area contributed by atoms with Crippen LogP contribution in [-0.4, -0.2) is 11.8 Å². The van der Waals surface area contributed by atoms with Crippen LogP contribution >= 0.6 is 11.6 Å². The number of hydrogen-bond donors (Lipinski definition) is 2. The summed E-state index contributed by atoms with van der Waals surface area (Å²) in [6.45, 7) is 3.09. The maximum atomic E-state index is 13.1.